The van der Waals surface area contributed by atoms with Crippen LogP contribution in [0.4, 0.5) is 5.69 Å². The fourth-order valence-electron chi connectivity index (χ4n) is 1.62. The number of phenolic OH excluding ortho intramolecular Hbond substituents is 1. The Bertz CT molecular complexity index is 363. The maximum absolute atomic E-state index is 10.0. The van der Waals surface area contributed by atoms with Gasteiger partial charge in [-0.1, -0.05) is 12.2 Å². The van der Waals surface area contributed by atoms with Gasteiger partial charge in [0.15, 0.2) is 0 Å². The van der Waals surface area contributed by atoms with E-state index in [1.165, 1.54) is 0 Å². The molecule has 0 aliphatic rings. The number of hydrogen-bond acceptors (Lipinski definition) is 2. The van der Waals surface area contributed by atoms with Crippen molar-refractivity contribution in [1.82, 2.24) is 0 Å². The SMILES string of the molecule is C=CCc1cc(N(C)C)cc(CC=C)c1O. The van der Waals surface area contributed by atoms with E-state index in [-0.39, 0.29) is 0 Å². The van der Waals surface area contributed by atoms with Gasteiger partial charge in [-0.15, -0.1) is 13.2 Å². The fourth-order valence-corrected chi connectivity index (χ4v) is 1.62. The molecule has 0 bridgehead atoms. The molecule has 2 nitrogen and oxygen atoms in total. The number of phenols is 1. The number of rotatable bonds is 5. The highest BCUT2D eigenvalue weighted by molar-refractivity contribution is 5.57. The molecule has 2 heteroatoms. The lowest BCUT2D eigenvalue weighted by Crippen LogP contribution is -2.09. The van der Waals surface area contributed by atoms with E-state index in [0.717, 1.165) is 16.8 Å². The third kappa shape index (κ3) is 2.66. The van der Waals surface area contributed by atoms with E-state index in [4.69, 9.17) is 0 Å². The maximum Gasteiger partial charge on any atom is 0.122 e. The van der Waals surface area contributed by atoms with Crippen LogP contribution >= 0.6 is 0 Å². The van der Waals surface area contributed by atoms with Crippen LogP contribution in [0.2, 0.25) is 0 Å². The van der Waals surface area contributed by atoms with Gasteiger partial charge in [0.25, 0.3) is 0 Å². The predicted octanol–water partition coefficient (Wildman–Crippen LogP) is 2.92. The molecule has 1 aromatic carbocycles. The van der Waals surface area contributed by atoms with Crippen molar-refractivity contribution in [2.45, 2.75) is 12.8 Å². The predicted molar refractivity (Wildman–Crippen MR) is 70.2 cm³/mol. The summed E-state index contributed by atoms with van der Waals surface area (Å²) in [4.78, 5) is 2.03. The van der Waals surface area contributed by atoms with Gasteiger partial charge in [0.1, 0.15) is 5.75 Å². The standard InChI is InChI=1S/C14H19NO/c1-5-7-11-9-13(15(3)4)10-12(8-6-2)14(11)16/h5-6,9-10,16H,1-2,7-8H2,3-4H3. The lowest BCUT2D eigenvalue weighted by atomic mass is 10.0. The summed E-state index contributed by atoms with van der Waals surface area (Å²) < 4.78 is 0. The minimum absolute atomic E-state index is 0.366. The number of hydrogen-bond donors (Lipinski definition) is 1. The summed E-state index contributed by atoms with van der Waals surface area (Å²) in [5.74, 6) is 0.366. The van der Waals surface area contributed by atoms with Gasteiger partial charge in [0, 0.05) is 19.8 Å². The molecule has 0 aliphatic heterocycles. The highest BCUT2D eigenvalue weighted by atomic mass is 16.3. The molecule has 0 radical (unpaired) electrons. The van der Waals surface area contributed by atoms with Crippen LogP contribution in [0.15, 0.2) is 37.4 Å². The molecular formula is C14H19NO. The zero-order chi connectivity index (χ0) is 12.1. The molecule has 0 aliphatic carbocycles. The Morgan fingerprint density at radius 2 is 1.56 bits per heavy atom. The second-order valence-corrected chi connectivity index (χ2v) is 3.99. The van der Waals surface area contributed by atoms with Crippen LogP contribution in [-0.2, 0) is 12.8 Å². The molecular weight excluding hydrogens is 198 g/mol. The van der Waals surface area contributed by atoms with Crippen molar-refractivity contribution in [3.8, 4) is 5.75 Å². The molecule has 0 aromatic heterocycles. The van der Waals surface area contributed by atoms with E-state index in [1.54, 1.807) is 12.2 Å². The number of allylic oxidation sites excluding steroid dienone is 2. The summed E-state index contributed by atoms with van der Waals surface area (Å²) in [5, 5.41) is 10.0. The topological polar surface area (TPSA) is 23.5 Å². The van der Waals surface area contributed by atoms with Crippen molar-refractivity contribution in [2.24, 2.45) is 0 Å². The van der Waals surface area contributed by atoms with E-state index in [0.29, 0.717) is 18.6 Å². The first-order valence-corrected chi connectivity index (χ1v) is 5.34. The van der Waals surface area contributed by atoms with Gasteiger partial charge in [-0.25, -0.2) is 0 Å². The van der Waals surface area contributed by atoms with Crippen LogP contribution < -0.4 is 4.90 Å². The summed E-state index contributed by atoms with van der Waals surface area (Å²) >= 11 is 0. The van der Waals surface area contributed by atoms with Crippen LogP contribution in [0.3, 0.4) is 0 Å². The number of benzene rings is 1. The number of nitrogens with zero attached hydrogens (tertiary/aromatic N) is 1. The molecule has 1 rings (SSSR count). The van der Waals surface area contributed by atoms with Crippen LogP contribution in [0.25, 0.3) is 0 Å². The molecule has 86 valence electrons. The number of aromatic hydroxyl groups is 1. The molecule has 0 spiro atoms. The fraction of sp³-hybridized carbons (Fsp3) is 0.286. The first-order valence-electron chi connectivity index (χ1n) is 5.34. The zero-order valence-electron chi connectivity index (χ0n) is 10.0. The van der Waals surface area contributed by atoms with Crippen LogP contribution in [-0.4, -0.2) is 19.2 Å². The molecule has 0 atom stereocenters. The van der Waals surface area contributed by atoms with Crippen LogP contribution in [0.5, 0.6) is 5.75 Å². The van der Waals surface area contributed by atoms with Crippen molar-refractivity contribution in [3.63, 3.8) is 0 Å². The monoisotopic (exact) mass is 217 g/mol. The van der Waals surface area contributed by atoms with Gasteiger partial charge in [0.2, 0.25) is 0 Å². The van der Waals surface area contributed by atoms with E-state index in [9.17, 15) is 5.11 Å². The molecule has 0 fully saturated rings. The van der Waals surface area contributed by atoms with Crippen molar-refractivity contribution < 1.29 is 5.11 Å². The Hall–Kier alpha value is -1.70. The highest BCUT2D eigenvalue weighted by Crippen LogP contribution is 2.29. The molecule has 0 saturated heterocycles. The third-order valence-corrected chi connectivity index (χ3v) is 2.50. The first kappa shape index (κ1) is 12.4. The largest absolute Gasteiger partial charge is 0.507 e. The van der Waals surface area contributed by atoms with Gasteiger partial charge in [0.05, 0.1) is 0 Å². The summed E-state index contributed by atoms with van der Waals surface area (Å²) in [6, 6.07) is 3.98. The first-order chi connectivity index (χ1) is 7.60. The molecule has 16 heavy (non-hydrogen) atoms. The van der Waals surface area contributed by atoms with E-state index in [2.05, 4.69) is 13.2 Å². The van der Waals surface area contributed by atoms with Crippen LogP contribution in [0, 0.1) is 0 Å². The van der Waals surface area contributed by atoms with Gasteiger partial charge in [-0.3, -0.25) is 0 Å². The maximum atomic E-state index is 10.0. The Kier molecular flexibility index (Phi) is 4.18. The Labute approximate surface area is 97.5 Å². The van der Waals surface area contributed by atoms with Gasteiger partial charge in [-0.2, -0.15) is 0 Å². The average Bonchev–Trinajstić information content (AvgIpc) is 2.24. The zero-order valence-corrected chi connectivity index (χ0v) is 10.0. The Morgan fingerprint density at radius 1 is 1.12 bits per heavy atom. The smallest absolute Gasteiger partial charge is 0.122 e. The molecule has 0 heterocycles. The lowest BCUT2D eigenvalue weighted by Gasteiger charge is -2.17. The van der Waals surface area contributed by atoms with E-state index in [1.807, 2.05) is 31.1 Å². The van der Waals surface area contributed by atoms with Crippen molar-refractivity contribution in [2.75, 3.05) is 19.0 Å². The Balaban J connectivity index is 3.25. The van der Waals surface area contributed by atoms with Gasteiger partial charge >= 0.3 is 0 Å². The van der Waals surface area contributed by atoms with Crippen LogP contribution in [0.1, 0.15) is 11.1 Å². The normalized spacial score (nSPS) is 9.88. The molecule has 1 N–H and O–H groups in total. The third-order valence-electron chi connectivity index (χ3n) is 2.50. The summed E-state index contributed by atoms with van der Waals surface area (Å²) in [6.07, 6.45) is 4.95. The van der Waals surface area contributed by atoms with Crippen molar-refractivity contribution in [1.29, 1.82) is 0 Å². The molecule has 1 aromatic rings. The molecule has 0 amide bonds. The van der Waals surface area contributed by atoms with Crippen molar-refractivity contribution >= 4 is 5.69 Å². The highest BCUT2D eigenvalue weighted by Gasteiger charge is 2.09. The number of anilines is 1. The van der Waals surface area contributed by atoms with Gasteiger partial charge < -0.3 is 10.0 Å². The summed E-state index contributed by atoms with van der Waals surface area (Å²) in [5.41, 5.74) is 2.92. The second kappa shape index (κ2) is 5.40. The molecule has 0 saturated carbocycles. The van der Waals surface area contributed by atoms with E-state index < -0.39 is 0 Å². The average molecular weight is 217 g/mol. The minimum atomic E-state index is 0.366. The van der Waals surface area contributed by atoms with E-state index >= 15 is 0 Å². The molecule has 0 unspecified atom stereocenters. The van der Waals surface area contributed by atoms with Gasteiger partial charge in [-0.05, 0) is 36.1 Å². The summed E-state index contributed by atoms with van der Waals surface area (Å²) in [7, 11) is 3.98. The van der Waals surface area contributed by atoms with Crippen molar-refractivity contribution in [3.05, 3.63) is 48.6 Å². The summed E-state index contributed by atoms with van der Waals surface area (Å²) in [6.45, 7) is 7.40. The quantitative estimate of drug-likeness (QED) is 0.767. The minimum Gasteiger partial charge on any atom is -0.507 e. The Morgan fingerprint density at radius 3 is 1.88 bits per heavy atom. The lowest BCUT2D eigenvalue weighted by molar-refractivity contribution is 0.464. The second-order valence-electron chi connectivity index (χ2n) is 3.99.